The van der Waals surface area contributed by atoms with Gasteiger partial charge in [0.2, 0.25) is 0 Å². The first-order valence-electron chi connectivity index (χ1n) is 14.3. The summed E-state index contributed by atoms with van der Waals surface area (Å²) in [6, 6.07) is 0. The van der Waals surface area contributed by atoms with Gasteiger partial charge < -0.3 is 9.26 Å². The van der Waals surface area contributed by atoms with Gasteiger partial charge in [0.1, 0.15) is 0 Å². The van der Waals surface area contributed by atoms with Crippen LogP contribution in [0.2, 0.25) is 0 Å². The van der Waals surface area contributed by atoms with Crippen LogP contribution in [0.25, 0.3) is 0 Å². The van der Waals surface area contributed by atoms with Crippen LogP contribution in [-0.4, -0.2) is 41.3 Å². The summed E-state index contributed by atoms with van der Waals surface area (Å²) in [6.45, 7) is 7.32. The van der Waals surface area contributed by atoms with Crippen molar-refractivity contribution in [3.63, 3.8) is 0 Å². The van der Waals surface area contributed by atoms with E-state index in [4.69, 9.17) is 14.5 Å². The molecule has 8 heteroatoms. The van der Waals surface area contributed by atoms with E-state index in [9.17, 15) is 9.36 Å². The summed E-state index contributed by atoms with van der Waals surface area (Å²) in [5.41, 5.74) is -1.22. The Balaban J connectivity index is 4.11. The summed E-state index contributed by atoms with van der Waals surface area (Å²) < 4.78 is 22.3. The summed E-state index contributed by atoms with van der Waals surface area (Å²) >= 11 is 2.06. The maximum Gasteiger partial charge on any atom is 0.421 e. The van der Waals surface area contributed by atoms with Crippen molar-refractivity contribution in [3.05, 3.63) is 0 Å². The van der Waals surface area contributed by atoms with Crippen LogP contribution in [-0.2, 0) is 18.7 Å². The first kappa shape index (κ1) is 34.9. The molecular formula is C27H55O6PS. The highest BCUT2D eigenvalue weighted by atomic mass is 32.2. The highest BCUT2D eigenvalue weighted by molar-refractivity contribution is 7.99. The monoisotopic (exact) mass is 538 g/mol. The molecular weight excluding hydrogens is 483 g/mol. The molecule has 0 saturated heterocycles. The molecule has 0 aromatic carbocycles. The molecule has 0 spiro atoms. The number of unbranched alkanes of at least 4 members (excludes halogenated alkanes) is 14. The molecule has 0 aromatic rings. The lowest BCUT2D eigenvalue weighted by molar-refractivity contribution is -0.168. The lowest BCUT2D eigenvalue weighted by Crippen LogP contribution is -2.24. The van der Waals surface area contributed by atoms with E-state index in [0.717, 1.165) is 0 Å². The molecule has 1 N–H and O–H groups in total. The molecule has 0 aliphatic carbocycles. The first-order chi connectivity index (χ1) is 17.1. The van der Waals surface area contributed by atoms with Crippen molar-refractivity contribution in [2.45, 2.75) is 148 Å². The number of hydrogen-bond acceptors (Lipinski definition) is 7. The van der Waals surface area contributed by atoms with Crippen molar-refractivity contribution >= 4 is 25.5 Å². The van der Waals surface area contributed by atoms with Crippen molar-refractivity contribution in [1.82, 2.24) is 0 Å². The quantitative estimate of drug-likeness (QED) is 0.0482. The largest absolute Gasteiger partial charge is 0.421 e. The van der Waals surface area contributed by atoms with Gasteiger partial charge in [0, 0.05) is 11.9 Å². The molecule has 35 heavy (non-hydrogen) atoms. The number of ether oxygens (including phenoxy) is 1. The van der Waals surface area contributed by atoms with Crippen LogP contribution < -0.4 is 0 Å². The minimum absolute atomic E-state index is 0.146. The third kappa shape index (κ3) is 22.8. The standard InChI is InChI=1S/C27H55O6PS/c1-4-6-8-10-12-13-14-15-17-19-24-35-26(21-18-16-11-9-7-5-2)25(3)31-22-20-23-32-34(30)27(28)33-29/h25-26,29,34H,4-24H2,1-3H3. The van der Waals surface area contributed by atoms with Gasteiger partial charge in [-0.2, -0.15) is 17.0 Å². The summed E-state index contributed by atoms with van der Waals surface area (Å²) in [4.78, 5) is 14.3. The van der Waals surface area contributed by atoms with Gasteiger partial charge >= 0.3 is 13.7 Å². The zero-order chi connectivity index (χ0) is 26.0. The van der Waals surface area contributed by atoms with Crippen LogP contribution >= 0.6 is 19.8 Å². The van der Waals surface area contributed by atoms with E-state index in [2.05, 4.69) is 37.4 Å². The fourth-order valence-corrected chi connectivity index (χ4v) is 5.98. The second-order valence-electron chi connectivity index (χ2n) is 9.59. The van der Waals surface area contributed by atoms with Gasteiger partial charge in [0.25, 0.3) is 0 Å². The van der Waals surface area contributed by atoms with Gasteiger partial charge in [-0.3, -0.25) is 9.45 Å². The van der Waals surface area contributed by atoms with Gasteiger partial charge in [-0.05, 0) is 31.9 Å². The molecule has 0 aliphatic rings. The molecule has 0 aliphatic heterocycles. The van der Waals surface area contributed by atoms with Crippen LogP contribution in [0.4, 0.5) is 4.79 Å². The van der Waals surface area contributed by atoms with Crippen LogP contribution in [0.1, 0.15) is 136 Å². The minimum Gasteiger partial charge on any atom is -0.377 e. The molecule has 0 bridgehead atoms. The molecule has 0 fully saturated rings. The van der Waals surface area contributed by atoms with Crippen LogP contribution in [0, 0.1) is 0 Å². The Labute approximate surface area is 220 Å². The van der Waals surface area contributed by atoms with Crippen molar-refractivity contribution < 1.29 is 28.8 Å². The second-order valence-corrected chi connectivity index (χ2v) is 12.2. The average Bonchev–Trinajstić information content (AvgIpc) is 2.86. The fourth-order valence-electron chi connectivity index (χ4n) is 4.10. The van der Waals surface area contributed by atoms with Crippen LogP contribution in [0.15, 0.2) is 0 Å². The Kier molecular flexibility index (Phi) is 26.9. The zero-order valence-electron chi connectivity index (χ0n) is 22.9. The van der Waals surface area contributed by atoms with Crippen LogP contribution in [0.3, 0.4) is 0 Å². The lowest BCUT2D eigenvalue weighted by atomic mass is 10.1. The number of hydrogen-bond donors (Lipinski definition) is 1. The molecule has 6 nitrogen and oxygen atoms in total. The van der Waals surface area contributed by atoms with Gasteiger partial charge in [-0.15, -0.1) is 0 Å². The highest BCUT2D eigenvalue weighted by Crippen LogP contribution is 2.27. The van der Waals surface area contributed by atoms with Gasteiger partial charge in [0.15, 0.2) is 0 Å². The predicted octanol–water partition coefficient (Wildman–Crippen LogP) is 9.66. The molecule has 0 heterocycles. The van der Waals surface area contributed by atoms with E-state index in [0.29, 0.717) is 18.3 Å². The topological polar surface area (TPSA) is 82.1 Å². The smallest absolute Gasteiger partial charge is 0.377 e. The highest BCUT2D eigenvalue weighted by Gasteiger charge is 2.18. The Hall–Kier alpha value is -0.0700. The average molecular weight is 539 g/mol. The molecule has 0 aromatic heterocycles. The first-order valence-corrected chi connectivity index (χ1v) is 16.7. The third-order valence-corrected chi connectivity index (χ3v) is 8.81. The fraction of sp³-hybridized carbons (Fsp3) is 0.963. The van der Waals surface area contributed by atoms with E-state index in [1.165, 1.54) is 115 Å². The SMILES string of the molecule is CCCCCCCCCCCCSC(CCCCCCCC)C(C)OCCCO[PH](=O)C(=O)OO. The summed E-state index contributed by atoms with van der Waals surface area (Å²) in [5.74, 6) is 1.19. The number of rotatable bonds is 27. The Bertz CT molecular complexity index is 494. The molecule has 3 atom stereocenters. The minimum atomic E-state index is -3.01. The van der Waals surface area contributed by atoms with Crippen LogP contribution in [0.5, 0.6) is 0 Å². The van der Waals surface area contributed by atoms with Crippen molar-refractivity contribution in [1.29, 1.82) is 0 Å². The van der Waals surface area contributed by atoms with E-state index < -0.39 is 13.7 Å². The van der Waals surface area contributed by atoms with Gasteiger partial charge in [-0.1, -0.05) is 110 Å². The Morgan fingerprint density at radius 2 is 1.29 bits per heavy atom. The Morgan fingerprint density at radius 1 is 0.771 bits per heavy atom. The molecule has 0 rings (SSSR count). The normalized spacial score (nSPS) is 14.1. The van der Waals surface area contributed by atoms with E-state index in [-0.39, 0.29) is 12.7 Å². The van der Waals surface area contributed by atoms with Crippen molar-refractivity contribution in [2.75, 3.05) is 19.0 Å². The maximum absolute atomic E-state index is 11.4. The molecule has 0 radical (unpaired) electrons. The van der Waals surface area contributed by atoms with Gasteiger partial charge in [-0.25, -0.2) is 4.79 Å². The lowest BCUT2D eigenvalue weighted by Gasteiger charge is -2.24. The number of carbonyl (C=O) groups excluding carboxylic acids is 1. The van der Waals surface area contributed by atoms with Crippen molar-refractivity contribution in [2.24, 2.45) is 0 Å². The number of carbonyl (C=O) groups is 1. The number of thioether (sulfide) groups is 1. The van der Waals surface area contributed by atoms with E-state index in [1.54, 1.807) is 0 Å². The van der Waals surface area contributed by atoms with E-state index >= 15 is 0 Å². The third-order valence-electron chi connectivity index (χ3n) is 6.35. The summed E-state index contributed by atoms with van der Waals surface area (Å²) in [7, 11) is -3.01. The second kappa shape index (κ2) is 27.0. The zero-order valence-corrected chi connectivity index (χ0v) is 24.7. The molecule has 210 valence electrons. The maximum atomic E-state index is 11.4. The molecule has 0 amide bonds. The van der Waals surface area contributed by atoms with Gasteiger partial charge in [0.05, 0.1) is 12.7 Å². The Morgan fingerprint density at radius 3 is 1.83 bits per heavy atom. The van der Waals surface area contributed by atoms with E-state index in [1.807, 2.05) is 0 Å². The predicted molar refractivity (Wildman–Crippen MR) is 150 cm³/mol. The summed E-state index contributed by atoms with van der Waals surface area (Å²) in [6.07, 6.45) is 23.4. The molecule has 3 unspecified atom stereocenters. The molecule has 0 saturated carbocycles. The summed E-state index contributed by atoms with van der Waals surface area (Å²) in [5, 5.41) is 8.71. The van der Waals surface area contributed by atoms with Crippen molar-refractivity contribution in [3.8, 4) is 0 Å².